The molecule has 158 valence electrons. The van der Waals surface area contributed by atoms with Crippen LogP contribution in [0.15, 0.2) is 52.9 Å². The van der Waals surface area contributed by atoms with Crippen molar-refractivity contribution in [2.75, 3.05) is 13.2 Å². The van der Waals surface area contributed by atoms with E-state index >= 15 is 0 Å². The quantitative estimate of drug-likeness (QED) is 0.526. The Labute approximate surface area is 176 Å². The van der Waals surface area contributed by atoms with Gasteiger partial charge in [0.1, 0.15) is 11.5 Å². The first-order chi connectivity index (χ1) is 14.5. The predicted molar refractivity (Wildman–Crippen MR) is 114 cm³/mol. The molecule has 0 saturated heterocycles. The van der Waals surface area contributed by atoms with Crippen molar-refractivity contribution in [1.82, 2.24) is 4.98 Å². The summed E-state index contributed by atoms with van der Waals surface area (Å²) in [7, 11) is 0. The van der Waals surface area contributed by atoms with Gasteiger partial charge in [0.2, 0.25) is 5.89 Å². The number of aliphatic carboxylic acids is 1. The molecule has 0 bridgehead atoms. The van der Waals surface area contributed by atoms with Crippen LogP contribution in [0.4, 0.5) is 0 Å². The van der Waals surface area contributed by atoms with E-state index in [-0.39, 0.29) is 0 Å². The fraction of sp³-hybridized carbons (Fsp3) is 0.333. The number of carboxylic acids is 1. The lowest BCUT2D eigenvalue weighted by atomic mass is 10.0. The fourth-order valence-corrected chi connectivity index (χ4v) is 3.24. The lowest BCUT2D eigenvalue weighted by Crippen LogP contribution is -2.26. The predicted octanol–water partition coefficient (Wildman–Crippen LogP) is 4.61. The third-order valence-corrected chi connectivity index (χ3v) is 4.88. The van der Waals surface area contributed by atoms with Gasteiger partial charge in [0.05, 0.1) is 12.3 Å². The topological polar surface area (TPSA) is 81.8 Å². The Hall–Kier alpha value is -3.12. The van der Waals surface area contributed by atoms with E-state index in [1.54, 1.807) is 6.92 Å². The Balaban J connectivity index is 1.58. The molecule has 0 amide bonds. The molecular formula is C24H27NO5. The molecule has 0 fully saturated rings. The van der Waals surface area contributed by atoms with Gasteiger partial charge in [-0.25, -0.2) is 9.78 Å². The second-order valence-corrected chi connectivity index (χ2v) is 7.06. The molecule has 0 radical (unpaired) electrons. The van der Waals surface area contributed by atoms with Crippen LogP contribution in [0.25, 0.3) is 11.5 Å². The number of nitrogens with zero attached hydrogens (tertiary/aromatic N) is 1. The van der Waals surface area contributed by atoms with Crippen LogP contribution in [0.2, 0.25) is 0 Å². The standard InChI is InChI=1S/C24H27NO5/c1-4-28-22(24(26)27)15-19-10-11-20(14-16(19)2)29-13-12-21-17(3)30-23(25-21)18-8-6-5-7-9-18/h5-11,14,22H,4,12-13,15H2,1-3H3,(H,26,27)/t22-/m0/s1. The number of aromatic nitrogens is 1. The van der Waals surface area contributed by atoms with Gasteiger partial charge < -0.3 is 19.0 Å². The van der Waals surface area contributed by atoms with Gasteiger partial charge in [0.25, 0.3) is 0 Å². The molecule has 0 unspecified atom stereocenters. The maximum absolute atomic E-state index is 11.3. The number of rotatable bonds is 10. The summed E-state index contributed by atoms with van der Waals surface area (Å²) >= 11 is 0. The number of carboxylic acid groups (broad SMARTS) is 1. The number of benzene rings is 2. The summed E-state index contributed by atoms with van der Waals surface area (Å²) in [6.07, 6.45) is 0.124. The monoisotopic (exact) mass is 409 g/mol. The molecule has 0 spiro atoms. The fourth-order valence-electron chi connectivity index (χ4n) is 3.24. The van der Waals surface area contributed by atoms with Crippen LogP contribution in [0.5, 0.6) is 5.75 Å². The van der Waals surface area contributed by atoms with Crippen LogP contribution in [-0.2, 0) is 22.4 Å². The van der Waals surface area contributed by atoms with Crippen LogP contribution in [0.3, 0.4) is 0 Å². The Bertz CT molecular complexity index is 981. The number of hydrogen-bond acceptors (Lipinski definition) is 5. The molecule has 30 heavy (non-hydrogen) atoms. The van der Waals surface area contributed by atoms with Crippen LogP contribution >= 0.6 is 0 Å². The van der Waals surface area contributed by atoms with Crippen molar-refractivity contribution < 1.29 is 23.8 Å². The number of ether oxygens (including phenoxy) is 2. The molecule has 1 atom stereocenters. The summed E-state index contributed by atoms with van der Waals surface area (Å²) in [6, 6.07) is 15.5. The second kappa shape index (κ2) is 10.1. The summed E-state index contributed by atoms with van der Waals surface area (Å²) in [5.74, 6) is 1.20. The summed E-state index contributed by atoms with van der Waals surface area (Å²) in [6.45, 7) is 6.48. The van der Waals surface area contributed by atoms with Gasteiger partial charge in [-0.15, -0.1) is 0 Å². The van der Waals surface area contributed by atoms with Gasteiger partial charge in [-0.2, -0.15) is 0 Å². The van der Waals surface area contributed by atoms with Crippen LogP contribution in [0.1, 0.15) is 29.5 Å². The molecule has 1 N–H and O–H groups in total. The smallest absolute Gasteiger partial charge is 0.333 e. The van der Waals surface area contributed by atoms with Crippen molar-refractivity contribution in [3.8, 4) is 17.2 Å². The highest BCUT2D eigenvalue weighted by molar-refractivity contribution is 5.72. The Morgan fingerprint density at radius 2 is 1.93 bits per heavy atom. The third kappa shape index (κ3) is 5.48. The summed E-state index contributed by atoms with van der Waals surface area (Å²) < 4.78 is 17.0. The van der Waals surface area contributed by atoms with E-state index in [9.17, 15) is 9.90 Å². The van der Waals surface area contributed by atoms with E-state index in [1.807, 2.05) is 62.4 Å². The molecule has 6 heteroatoms. The van der Waals surface area contributed by atoms with E-state index in [4.69, 9.17) is 13.9 Å². The van der Waals surface area contributed by atoms with Gasteiger partial charge >= 0.3 is 5.97 Å². The van der Waals surface area contributed by atoms with E-state index in [1.165, 1.54) is 0 Å². The molecular weight excluding hydrogens is 382 g/mol. The summed E-state index contributed by atoms with van der Waals surface area (Å²) in [4.78, 5) is 15.9. The number of aryl methyl sites for hydroxylation is 2. The average Bonchev–Trinajstić information content (AvgIpc) is 3.10. The van der Waals surface area contributed by atoms with Crippen LogP contribution in [-0.4, -0.2) is 35.4 Å². The van der Waals surface area contributed by atoms with Gasteiger partial charge in [0.15, 0.2) is 6.10 Å². The van der Waals surface area contributed by atoms with E-state index in [0.29, 0.717) is 31.9 Å². The molecule has 1 aromatic heterocycles. The van der Waals surface area contributed by atoms with Crippen molar-refractivity contribution in [3.63, 3.8) is 0 Å². The molecule has 3 aromatic rings. The Morgan fingerprint density at radius 3 is 2.60 bits per heavy atom. The highest BCUT2D eigenvalue weighted by atomic mass is 16.5. The Kier molecular flexibility index (Phi) is 7.25. The zero-order chi connectivity index (χ0) is 21.5. The minimum atomic E-state index is -0.950. The van der Waals surface area contributed by atoms with Gasteiger partial charge in [-0.3, -0.25) is 0 Å². The molecule has 0 saturated carbocycles. The largest absolute Gasteiger partial charge is 0.493 e. The summed E-state index contributed by atoms with van der Waals surface area (Å²) in [5.41, 5.74) is 3.74. The molecule has 6 nitrogen and oxygen atoms in total. The SMILES string of the molecule is CCO[C@@H](Cc1ccc(OCCc2nc(-c3ccccc3)oc2C)cc1C)C(=O)O. The molecule has 0 aliphatic heterocycles. The number of hydrogen-bond donors (Lipinski definition) is 1. The average molecular weight is 409 g/mol. The van der Waals surface area contributed by atoms with E-state index in [0.717, 1.165) is 33.9 Å². The van der Waals surface area contributed by atoms with Crippen molar-refractivity contribution in [1.29, 1.82) is 0 Å². The second-order valence-electron chi connectivity index (χ2n) is 7.06. The first-order valence-electron chi connectivity index (χ1n) is 10.1. The van der Waals surface area contributed by atoms with Crippen molar-refractivity contribution >= 4 is 5.97 Å². The Morgan fingerprint density at radius 1 is 1.17 bits per heavy atom. The number of oxazole rings is 1. The van der Waals surface area contributed by atoms with Gasteiger partial charge in [0, 0.05) is 25.0 Å². The molecule has 1 heterocycles. The van der Waals surface area contributed by atoms with Gasteiger partial charge in [-0.05, 0) is 56.2 Å². The molecule has 3 rings (SSSR count). The highest BCUT2D eigenvalue weighted by Crippen LogP contribution is 2.23. The third-order valence-electron chi connectivity index (χ3n) is 4.88. The van der Waals surface area contributed by atoms with Gasteiger partial charge in [-0.1, -0.05) is 24.3 Å². The molecule has 0 aliphatic rings. The van der Waals surface area contributed by atoms with Crippen LogP contribution in [0, 0.1) is 13.8 Å². The number of carbonyl (C=O) groups is 1. The normalized spacial score (nSPS) is 12.0. The van der Waals surface area contributed by atoms with Crippen molar-refractivity contribution in [2.45, 2.75) is 39.7 Å². The van der Waals surface area contributed by atoms with Crippen molar-refractivity contribution in [3.05, 3.63) is 71.1 Å². The van der Waals surface area contributed by atoms with Crippen molar-refractivity contribution in [2.24, 2.45) is 0 Å². The molecule has 2 aromatic carbocycles. The minimum Gasteiger partial charge on any atom is -0.493 e. The maximum Gasteiger partial charge on any atom is 0.333 e. The maximum atomic E-state index is 11.3. The first kappa shape index (κ1) is 21.6. The van der Waals surface area contributed by atoms with E-state index < -0.39 is 12.1 Å². The van der Waals surface area contributed by atoms with Crippen LogP contribution < -0.4 is 4.74 Å². The first-order valence-corrected chi connectivity index (χ1v) is 10.1. The minimum absolute atomic E-state index is 0.329. The van der Waals surface area contributed by atoms with E-state index in [2.05, 4.69) is 4.98 Å². The zero-order valence-electron chi connectivity index (χ0n) is 17.6. The highest BCUT2D eigenvalue weighted by Gasteiger charge is 2.19. The molecule has 0 aliphatic carbocycles. The summed E-state index contributed by atoms with van der Waals surface area (Å²) in [5, 5.41) is 9.27. The zero-order valence-corrected chi connectivity index (χ0v) is 17.6. The lowest BCUT2D eigenvalue weighted by molar-refractivity contribution is -0.149. The lowest BCUT2D eigenvalue weighted by Gasteiger charge is -2.15.